The third kappa shape index (κ3) is 3.74. The summed E-state index contributed by atoms with van der Waals surface area (Å²) in [7, 11) is 6.56. The van der Waals surface area contributed by atoms with Crippen LogP contribution in [0.15, 0.2) is 6.20 Å². The smallest absolute Gasteiger partial charge is 0.322 e. The number of aromatic nitrogens is 3. The van der Waals surface area contributed by atoms with E-state index in [1.54, 1.807) is 28.2 Å². The second-order valence-corrected chi connectivity index (χ2v) is 3.91. The Bertz CT molecular complexity index is 375. The summed E-state index contributed by atoms with van der Waals surface area (Å²) in [5.41, 5.74) is 0. The van der Waals surface area contributed by atoms with Gasteiger partial charge in [-0.2, -0.15) is 0 Å². The van der Waals surface area contributed by atoms with Crippen LogP contribution in [0.4, 0.5) is 10.6 Å². The normalized spacial score (nSPS) is 9.88. The molecule has 3 amide bonds. The zero-order valence-electron chi connectivity index (χ0n) is 10.3. The first-order chi connectivity index (χ1) is 7.90. The minimum absolute atomic E-state index is 0.0951. The van der Waals surface area contributed by atoms with Gasteiger partial charge in [-0.1, -0.05) is 5.21 Å². The fraction of sp³-hybridized carbons (Fsp3) is 0.556. The van der Waals surface area contributed by atoms with Gasteiger partial charge in [0.05, 0.1) is 6.20 Å². The Balaban J connectivity index is 2.60. The number of hydrogen-bond acceptors (Lipinski definition) is 4. The van der Waals surface area contributed by atoms with Crippen LogP contribution in [0.2, 0.25) is 0 Å². The predicted molar refractivity (Wildman–Crippen MR) is 61.4 cm³/mol. The molecular formula is C9H16N6O2. The summed E-state index contributed by atoms with van der Waals surface area (Å²) in [5, 5.41) is 10.0. The third-order valence-corrected chi connectivity index (χ3v) is 1.98. The highest BCUT2D eigenvalue weighted by Crippen LogP contribution is 2.01. The number of carbonyl (C=O) groups is 2. The molecule has 1 rings (SSSR count). The second-order valence-electron chi connectivity index (χ2n) is 3.91. The zero-order valence-corrected chi connectivity index (χ0v) is 10.3. The van der Waals surface area contributed by atoms with Gasteiger partial charge in [0.25, 0.3) is 0 Å². The van der Waals surface area contributed by atoms with Crippen LogP contribution in [0.1, 0.15) is 0 Å². The fourth-order valence-electron chi connectivity index (χ4n) is 0.934. The summed E-state index contributed by atoms with van der Waals surface area (Å²) in [6.45, 7) is 0.0951. The average molecular weight is 240 g/mol. The van der Waals surface area contributed by atoms with Crippen LogP contribution in [0.25, 0.3) is 0 Å². The Labute approximate surface area is 99.2 Å². The monoisotopic (exact) mass is 240 g/mol. The van der Waals surface area contributed by atoms with E-state index in [0.717, 1.165) is 0 Å². The highest BCUT2D eigenvalue weighted by Gasteiger charge is 2.10. The van der Waals surface area contributed by atoms with Crippen molar-refractivity contribution in [2.45, 2.75) is 6.54 Å². The Morgan fingerprint density at radius 2 is 1.94 bits per heavy atom. The van der Waals surface area contributed by atoms with Gasteiger partial charge in [-0.25, -0.2) is 9.48 Å². The number of nitrogens with zero attached hydrogens (tertiary/aromatic N) is 5. The van der Waals surface area contributed by atoms with Gasteiger partial charge in [0.15, 0.2) is 5.82 Å². The third-order valence-electron chi connectivity index (χ3n) is 1.98. The van der Waals surface area contributed by atoms with Crippen molar-refractivity contribution >= 4 is 17.8 Å². The van der Waals surface area contributed by atoms with Crippen molar-refractivity contribution in [2.24, 2.45) is 0 Å². The zero-order chi connectivity index (χ0) is 13.0. The Morgan fingerprint density at radius 3 is 2.47 bits per heavy atom. The van der Waals surface area contributed by atoms with Crippen LogP contribution in [0.5, 0.6) is 0 Å². The molecule has 1 heterocycles. The molecule has 0 radical (unpaired) electrons. The summed E-state index contributed by atoms with van der Waals surface area (Å²) in [6, 6.07) is -0.295. The lowest BCUT2D eigenvalue weighted by atomic mass is 10.5. The van der Waals surface area contributed by atoms with Crippen molar-refractivity contribution in [3.63, 3.8) is 0 Å². The topological polar surface area (TPSA) is 83.4 Å². The first-order valence-electron chi connectivity index (χ1n) is 4.98. The molecule has 0 spiro atoms. The van der Waals surface area contributed by atoms with Crippen LogP contribution in [0.3, 0.4) is 0 Å². The standard InChI is InChI=1S/C9H16N6O2/c1-13(2)8(16)6-15-5-7(11-12-15)10-9(17)14(3)4/h5H,6H2,1-4H3,(H,10,17). The number of hydrogen-bond donors (Lipinski definition) is 1. The molecule has 0 aromatic carbocycles. The van der Waals surface area contributed by atoms with E-state index in [0.29, 0.717) is 5.82 Å². The number of amides is 3. The molecule has 0 fully saturated rings. The fourth-order valence-corrected chi connectivity index (χ4v) is 0.934. The molecular weight excluding hydrogens is 224 g/mol. The highest BCUT2D eigenvalue weighted by atomic mass is 16.2. The molecule has 0 unspecified atom stereocenters. The molecule has 1 N–H and O–H groups in total. The minimum Gasteiger partial charge on any atom is -0.347 e. The number of rotatable bonds is 3. The van der Waals surface area contributed by atoms with Crippen LogP contribution in [-0.2, 0) is 11.3 Å². The maximum atomic E-state index is 11.4. The van der Waals surface area contributed by atoms with Gasteiger partial charge in [0.2, 0.25) is 5.91 Å². The molecule has 94 valence electrons. The summed E-state index contributed by atoms with van der Waals surface area (Å²) in [5.74, 6) is 0.218. The molecule has 1 aromatic rings. The van der Waals surface area contributed by atoms with Gasteiger partial charge >= 0.3 is 6.03 Å². The lowest BCUT2D eigenvalue weighted by Gasteiger charge is -2.09. The van der Waals surface area contributed by atoms with E-state index < -0.39 is 0 Å². The van der Waals surface area contributed by atoms with Crippen LogP contribution in [-0.4, -0.2) is 64.9 Å². The predicted octanol–water partition coefficient (Wildman–Crippen LogP) is -0.540. The quantitative estimate of drug-likeness (QED) is 0.769. The van der Waals surface area contributed by atoms with E-state index in [4.69, 9.17) is 0 Å². The molecule has 0 aliphatic heterocycles. The van der Waals surface area contributed by atoms with Gasteiger partial charge < -0.3 is 9.80 Å². The summed E-state index contributed by atoms with van der Waals surface area (Å²) in [6.07, 6.45) is 1.50. The van der Waals surface area contributed by atoms with E-state index in [9.17, 15) is 9.59 Å². The molecule has 0 aliphatic carbocycles. The van der Waals surface area contributed by atoms with Crippen molar-refractivity contribution < 1.29 is 9.59 Å². The van der Waals surface area contributed by atoms with Crippen molar-refractivity contribution in [3.8, 4) is 0 Å². The van der Waals surface area contributed by atoms with Crippen molar-refractivity contribution in [1.29, 1.82) is 0 Å². The Kier molecular flexibility index (Phi) is 4.02. The molecule has 0 bridgehead atoms. The number of anilines is 1. The van der Waals surface area contributed by atoms with Gasteiger partial charge in [-0.15, -0.1) is 5.10 Å². The van der Waals surface area contributed by atoms with E-state index in [1.807, 2.05) is 0 Å². The molecule has 8 nitrogen and oxygen atoms in total. The van der Waals surface area contributed by atoms with E-state index in [-0.39, 0.29) is 18.5 Å². The van der Waals surface area contributed by atoms with Gasteiger partial charge in [0.1, 0.15) is 6.54 Å². The summed E-state index contributed by atoms with van der Waals surface area (Å²) in [4.78, 5) is 25.5. The Morgan fingerprint density at radius 1 is 1.29 bits per heavy atom. The van der Waals surface area contributed by atoms with Crippen molar-refractivity contribution in [3.05, 3.63) is 6.20 Å². The lowest BCUT2D eigenvalue weighted by Crippen LogP contribution is -2.27. The van der Waals surface area contributed by atoms with E-state index in [1.165, 1.54) is 20.7 Å². The second kappa shape index (κ2) is 5.28. The highest BCUT2D eigenvalue weighted by molar-refractivity contribution is 5.87. The molecule has 0 saturated carbocycles. The maximum absolute atomic E-state index is 11.4. The molecule has 1 aromatic heterocycles. The molecule has 0 aliphatic rings. The lowest BCUT2D eigenvalue weighted by molar-refractivity contribution is -0.129. The van der Waals surface area contributed by atoms with Gasteiger partial charge in [0, 0.05) is 28.2 Å². The summed E-state index contributed by atoms with van der Waals surface area (Å²) < 4.78 is 1.37. The van der Waals surface area contributed by atoms with Crippen molar-refractivity contribution in [1.82, 2.24) is 24.8 Å². The first kappa shape index (κ1) is 12.9. The maximum Gasteiger partial charge on any atom is 0.322 e. The average Bonchev–Trinajstić information content (AvgIpc) is 2.65. The van der Waals surface area contributed by atoms with Crippen LogP contribution < -0.4 is 5.32 Å². The van der Waals surface area contributed by atoms with Crippen LogP contribution in [0, 0.1) is 0 Å². The number of nitrogens with one attached hydrogen (secondary N) is 1. The molecule has 17 heavy (non-hydrogen) atoms. The minimum atomic E-state index is -0.295. The van der Waals surface area contributed by atoms with E-state index in [2.05, 4.69) is 15.6 Å². The van der Waals surface area contributed by atoms with Crippen molar-refractivity contribution in [2.75, 3.05) is 33.5 Å². The summed E-state index contributed by atoms with van der Waals surface area (Å²) >= 11 is 0. The molecule has 8 heteroatoms. The van der Waals surface area contributed by atoms with E-state index >= 15 is 0 Å². The number of carbonyl (C=O) groups excluding carboxylic acids is 2. The molecule has 0 saturated heterocycles. The number of urea groups is 1. The molecule has 0 atom stereocenters. The first-order valence-corrected chi connectivity index (χ1v) is 4.98. The Hall–Kier alpha value is -2.12. The largest absolute Gasteiger partial charge is 0.347 e. The van der Waals surface area contributed by atoms with Gasteiger partial charge in [-0.3, -0.25) is 10.1 Å². The van der Waals surface area contributed by atoms with Gasteiger partial charge in [-0.05, 0) is 0 Å². The number of likely N-dealkylation sites (N-methyl/N-ethyl adjacent to an activating group) is 1. The van der Waals surface area contributed by atoms with Crippen LogP contribution >= 0.6 is 0 Å². The SMILES string of the molecule is CN(C)C(=O)Cn1cc(NC(=O)N(C)C)nn1.